The molecule has 25 heavy (non-hydrogen) atoms. The van der Waals surface area contributed by atoms with E-state index >= 15 is 0 Å². The summed E-state index contributed by atoms with van der Waals surface area (Å²) < 4.78 is 11.4. The molecule has 0 atom stereocenters. The van der Waals surface area contributed by atoms with Crippen molar-refractivity contribution in [3.8, 4) is 11.6 Å². The number of carbonyl (C=O) groups excluding carboxylic acids is 2. The van der Waals surface area contributed by atoms with Gasteiger partial charge in [-0.1, -0.05) is 17.7 Å². The first kappa shape index (κ1) is 18.7. The summed E-state index contributed by atoms with van der Waals surface area (Å²) in [6.07, 6.45) is 0.166. The molecule has 0 unspecified atom stereocenters. The maximum absolute atomic E-state index is 11.9. The van der Waals surface area contributed by atoms with Crippen LogP contribution in [0.2, 0.25) is 5.02 Å². The van der Waals surface area contributed by atoms with E-state index in [1.54, 1.807) is 18.2 Å². The Bertz CT molecular complexity index is 847. The van der Waals surface area contributed by atoms with E-state index in [9.17, 15) is 14.4 Å². The van der Waals surface area contributed by atoms with Crippen molar-refractivity contribution in [1.82, 2.24) is 9.78 Å². The van der Waals surface area contributed by atoms with Crippen LogP contribution in [0.3, 0.4) is 0 Å². The molecule has 0 N–H and O–H groups in total. The van der Waals surface area contributed by atoms with Gasteiger partial charge in [0.1, 0.15) is 11.5 Å². The normalized spacial score (nSPS) is 10.4. The molecule has 0 amide bonds. The number of ether oxygens (including phenoxy) is 2. The second-order valence-electron chi connectivity index (χ2n) is 5.38. The van der Waals surface area contributed by atoms with E-state index in [0.717, 1.165) is 10.2 Å². The number of nitrogens with zero attached hydrogens (tertiary/aromatic N) is 2. The predicted octanol–water partition coefficient (Wildman–Crippen LogP) is 2.17. The van der Waals surface area contributed by atoms with Crippen LogP contribution in [0.1, 0.15) is 18.9 Å². The van der Waals surface area contributed by atoms with Gasteiger partial charge in [-0.3, -0.25) is 9.59 Å². The van der Waals surface area contributed by atoms with Gasteiger partial charge in [0.2, 0.25) is 5.88 Å². The summed E-state index contributed by atoms with van der Waals surface area (Å²) in [6.45, 7) is 3.06. The summed E-state index contributed by atoms with van der Waals surface area (Å²) in [5.41, 5.74) is 0.584. The Morgan fingerprint density at radius 3 is 2.68 bits per heavy atom. The van der Waals surface area contributed by atoms with Crippen molar-refractivity contribution in [1.29, 1.82) is 0 Å². The molecule has 0 saturated carbocycles. The summed E-state index contributed by atoms with van der Waals surface area (Å²) in [4.78, 5) is 34.5. The van der Waals surface area contributed by atoms with Crippen LogP contribution in [0.4, 0.5) is 0 Å². The standard InChI is InChI=1S/C17H17ClN2O5/c1-11-3-4-14(13(18)9-11)24-10-17(23)25-15-5-6-16(22)20(19-15)8-7-12(2)21/h3-6,9H,7-8,10H2,1-2H3. The fourth-order valence-corrected chi connectivity index (χ4v) is 2.20. The number of carbonyl (C=O) groups is 2. The van der Waals surface area contributed by atoms with Crippen LogP contribution in [0.25, 0.3) is 0 Å². The lowest BCUT2D eigenvalue weighted by Gasteiger charge is -2.09. The van der Waals surface area contributed by atoms with Gasteiger partial charge in [0.15, 0.2) is 6.61 Å². The van der Waals surface area contributed by atoms with Crippen molar-refractivity contribution in [2.75, 3.05) is 6.61 Å². The van der Waals surface area contributed by atoms with Crippen molar-refractivity contribution in [2.45, 2.75) is 26.8 Å². The SMILES string of the molecule is CC(=O)CCn1nc(OC(=O)COc2ccc(C)cc2Cl)ccc1=O. The molecule has 2 aromatic rings. The summed E-state index contributed by atoms with van der Waals surface area (Å²) in [5.74, 6) is -0.448. The largest absolute Gasteiger partial charge is 0.480 e. The molecule has 0 aliphatic carbocycles. The topological polar surface area (TPSA) is 87.5 Å². The Balaban J connectivity index is 1.96. The number of aryl methyl sites for hydroxylation is 2. The summed E-state index contributed by atoms with van der Waals surface area (Å²) in [7, 11) is 0. The Morgan fingerprint density at radius 2 is 2.00 bits per heavy atom. The minimum atomic E-state index is -0.694. The van der Waals surface area contributed by atoms with Crippen molar-refractivity contribution < 1.29 is 19.1 Å². The first-order chi connectivity index (χ1) is 11.8. The van der Waals surface area contributed by atoms with E-state index < -0.39 is 5.97 Å². The Morgan fingerprint density at radius 1 is 1.24 bits per heavy atom. The average Bonchev–Trinajstić information content (AvgIpc) is 2.54. The lowest BCUT2D eigenvalue weighted by molar-refractivity contribution is -0.137. The highest BCUT2D eigenvalue weighted by Crippen LogP contribution is 2.25. The highest BCUT2D eigenvalue weighted by molar-refractivity contribution is 6.32. The average molecular weight is 365 g/mol. The second kappa shape index (κ2) is 8.43. The van der Waals surface area contributed by atoms with Crippen LogP contribution in [0.5, 0.6) is 11.6 Å². The molecule has 8 heteroatoms. The van der Waals surface area contributed by atoms with Crippen LogP contribution in [-0.4, -0.2) is 28.1 Å². The van der Waals surface area contributed by atoms with Gasteiger partial charge in [0.05, 0.1) is 11.6 Å². The van der Waals surface area contributed by atoms with E-state index in [0.29, 0.717) is 10.8 Å². The quantitative estimate of drug-likeness (QED) is 0.700. The molecule has 0 bridgehead atoms. The number of hydrogen-bond donors (Lipinski definition) is 0. The zero-order chi connectivity index (χ0) is 18.4. The van der Waals surface area contributed by atoms with Crippen LogP contribution < -0.4 is 15.0 Å². The van der Waals surface area contributed by atoms with E-state index in [1.165, 1.54) is 19.1 Å². The van der Waals surface area contributed by atoms with E-state index in [1.807, 2.05) is 6.92 Å². The van der Waals surface area contributed by atoms with Crippen LogP contribution in [-0.2, 0) is 16.1 Å². The number of halogens is 1. The van der Waals surface area contributed by atoms with Crippen molar-refractivity contribution in [2.24, 2.45) is 0 Å². The van der Waals surface area contributed by atoms with Gasteiger partial charge in [-0.05, 0) is 31.5 Å². The van der Waals surface area contributed by atoms with E-state index in [-0.39, 0.29) is 36.8 Å². The number of hydrogen-bond acceptors (Lipinski definition) is 6. The second-order valence-corrected chi connectivity index (χ2v) is 5.79. The van der Waals surface area contributed by atoms with Gasteiger partial charge in [0.25, 0.3) is 5.56 Å². The van der Waals surface area contributed by atoms with E-state index in [2.05, 4.69) is 5.10 Å². The number of Topliss-reactive ketones (excluding diaryl/α,β-unsaturated/α-hetero) is 1. The van der Waals surface area contributed by atoms with Gasteiger partial charge in [0, 0.05) is 18.6 Å². The molecule has 1 aromatic heterocycles. The molecule has 0 radical (unpaired) electrons. The minimum Gasteiger partial charge on any atom is -0.480 e. The summed E-state index contributed by atoms with van der Waals surface area (Å²) >= 11 is 6.02. The number of esters is 1. The lowest BCUT2D eigenvalue weighted by atomic mass is 10.2. The molecular formula is C17H17ClN2O5. The number of ketones is 1. The van der Waals surface area contributed by atoms with Crippen molar-refractivity contribution in [3.63, 3.8) is 0 Å². The van der Waals surface area contributed by atoms with Gasteiger partial charge in [-0.2, -0.15) is 0 Å². The Labute approximate surface area is 149 Å². The maximum Gasteiger partial charge on any atom is 0.350 e. The third-order valence-corrected chi connectivity index (χ3v) is 3.46. The van der Waals surface area contributed by atoms with Gasteiger partial charge in [-0.15, -0.1) is 5.10 Å². The van der Waals surface area contributed by atoms with Crippen LogP contribution >= 0.6 is 11.6 Å². The first-order valence-electron chi connectivity index (χ1n) is 7.52. The smallest absolute Gasteiger partial charge is 0.350 e. The maximum atomic E-state index is 11.9. The van der Waals surface area contributed by atoms with Crippen LogP contribution in [0, 0.1) is 6.92 Å². The molecule has 1 aromatic carbocycles. The minimum absolute atomic E-state index is 0.0493. The molecule has 0 fully saturated rings. The number of aromatic nitrogens is 2. The first-order valence-corrected chi connectivity index (χ1v) is 7.90. The zero-order valence-corrected chi connectivity index (χ0v) is 14.6. The third kappa shape index (κ3) is 5.72. The summed E-state index contributed by atoms with van der Waals surface area (Å²) in [5, 5.41) is 4.29. The van der Waals surface area contributed by atoms with Gasteiger partial charge >= 0.3 is 5.97 Å². The molecule has 0 aliphatic rings. The Kier molecular flexibility index (Phi) is 6.30. The van der Waals surface area contributed by atoms with Gasteiger partial charge < -0.3 is 9.47 Å². The van der Waals surface area contributed by atoms with Crippen molar-refractivity contribution >= 4 is 23.4 Å². The van der Waals surface area contributed by atoms with Crippen LogP contribution in [0.15, 0.2) is 35.1 Å². The number of benzene rings is 1. The highest BCUT2D eigenvalue weighted by atomic mass is 35.5. The fourth-order valence-electron chi connectivity index (χ4n) is 1.91. The lowest BCUT2D eigenvalue weighted by Crippen LogP contribution is -2.25. The number of rotatable bonds is 7. The molecule has 1 heterocycles. The predicted molar refractivity (Wildman–Crippen MR) is 91.1 cm³/mol. The molecule has 0 aliphatic heterocycles. The Hall–Kier alpha value is -2.67. The highest BCUT2D eigenvalue weighted by Gasteiger charge is 2.11. The zero-order valence-electron chi connectivity index (χ0n) is 13.8. The molecule has 0 saturated heterocycles. The molecule has 2 rings (SSSR count). The van der Waals surface area contributed by atoms with Crippen molar-refractivity contribution in [3.05, 3.63) is 51.3 Å². The monoisotopic (exact) mass is 364 g/mol. The van der Waals surface area contributed by atoms with E-state index in [4.69, 9.17) is 21.1 Å². The molecule has 132 valence electrons. The molecule has 7 nitrogen and oxygen atoms in total. The summed E-state index contributed by atoms with van der Waals surface area (Å²) in [6, 6.07) is 7.68. The van der Waals surface area contributed by atoms with Gasteiger partial charge in [-0.25, -0.2) is 9.48 Å². The molecule has 0 spiro atoms. The fraction of sp³-hybridized carbons (Fsp3) is 0.294. The third-order valence-electron chi connectivity index (χ3n) is 3.17. The molecular weight excluding hydrogens is 348 g/mol.